The number of carbonyl (C=O) groups excluding carboxylic acids is 4. The van der Waals surface area contributed by atoms with Crippen molar-refractivity contribution in [3.63, 3.8) is 0 Å². The van der Waals surface area contributed by atoms with Gasteiger partial charge in [0.05, 0.1) is 17.0 Å². The minimum atomic E-state index is -0.688. The molecule has 38 heavy (non-hydrogen) atoms. The molecule has 0 aliphatic heterocycles. The molecule has 0 saturated heterocycles. The Morgan fingerprint density at radius 2 is 1.42 bits per heavy atom. The fourth-order valence-corrected chi connectivity index (χ4v) is 3.52. The molecular formula is C27H25N3O8. The Hall–Kier alpha value is -5.06. The molecule has 0 atom stereocenters. The van der Waals surface area contributed by atoms with Crippen LogP contribution < -0.4 is 14.4 Å². The van der Waals surface area contributed by atoms with Gasteiger partial charge in [0.2, 0.25) is 0 Å². The summed E-state index contributed by atoms with van der Waals surface area (Å²) in [5.41, 5.74) is 1.32. The monoisotopic (exact) mass is 519 g/mol. The van der Waals surface area contributed by atoms with Gasteiger partial charge >= 0.3 is 11.9 Å². The topological polar surface area (TPSA) is 136 Å². The van der Waals surface area contributed by atoms with Gasteiger partial charge in [0.1, 0.15) is 11.5 Å². The van der Waals surface area contributed by atoms with Gasteiger partial charge < -0.3 is 19.3 Å². The van der Waals surface area contributed by atoms with Gasteiger partial charge in [-0.3, -0.25) is 29.3 Å². The van der Waals surface area contributed by atoms with E-state index < -0.39 is 22.8 Å². The van der Waals surface area contributed by atoms with Crippen LogP contribution in [0.4, 0.5) is 11.4 Å². The summed E-state index contributed by atoms with van der Waals surface area (Å²) in [6.45, 7) is 2.38. The number of hydrogen-bond donors (Lipinski definition) is 0. The number of carbonyl (C=O) groups is 4. The number of amides is 2. The average molecular weight is 520 g/mol. The number of hydrogen-bond acceptors (Lipinski definition) is 8. The highest BCUT2D eigenvalue weighted by molar-refractivity contribution is 6.08. The van der Waals surface area contributed by atoms with Crippen molar-refractivity contribution in [3.8, 4) is 11.5 Å². The predicted molar refractivity (Wildman–Crippen MR) is 137 cm³/mol. The SMILES string of the molecule is CC(=O)Oc1ccc(C(=O)N(Cc2ccc([N+](=O)[O-])cc2)c2ccc(C(=O)N(C)C)cc2)c(OC(C)=O)c1. The molecule has 0 aromatic heterocycles. The summed E-state index contributed by atoms with van der Waals surface area (Å²) in [6, 6.07) is 16.1. The summed E-state index contributed by atoms with van der Waals surface area (Å²) in [4.78, 5) is 62.6. The predicted octanol–water partition coefficient (Wildman–Crippen LogP) is 3.99. The van der Waals surface area contributed by atoms with E-state index in [9.17, 15) is 29.3 Å². The zero-order valence-electron chi connectivity index (χ0n) is 21.2. The summed E-state index contributed by atoms with van der Waals surface area (Å²) < 4.78 is 10.3. The van der Waals surface area contributed by atoms with Gasteiger partial charge in [0, 0.05) is 57.4 Å². The van der Waals surface area contributed by atoms with E-state index in [1.807, 2.05) is 0 Å². The van der Waals surface area contributed by atoms with Gasteiger partial charge in [0.25, 0.3) is 17.5 Å². The number of rotatable bonds is 8. The Balaban J connectivity index is 2.06. The third kappa shape index (κ3) is 6.78. The molecule has 3 rings (SSSR count). The van der Waals surface area contributed by atoms with E-state index in [0.717, 1.165) is 0 Å². The Morgan fingerprint density at radius 1 is 0.816 bits per heavy atom. The first kappa shape index (κ1) is 27.5. The molecule has 0 fully saturated rings. The zero-order chi connectivity index (χ0) is 28.0. The standard InChI is InChI=1S/C27H25N3O8/c1-17(31)37-23-13-14-24(25(15-23)38-18(2)32)27(34)29(16-19-5-9-22(10-6-19)30(35)36)21-11-7-20(8-12-21)26(33)28(3)4/h5-15H,16H2,1-4H3. The van der Waals surface area contributed by atoms with Crippen molar-refractivity contribution in [3.05, 3.63) is 93.5 Å². The summed E-state index contributed by atoms with van der Waals surface area (Å²) >= 11 is 0. The lowest BCUT2D eigenvalue weighted by Crippen LogP contribution is -2.31. The quantitative estimate of drug-likeness (QED) is 0.189. The number of nitro benzene ring substituents is 1. The van der Waals surface area contributed by atoms with Crippen LogP contribution in [-0.2, 0) is 16.1 Å². The Morgan fingerprint density at radius 3 is 1.95 bits per heavy atom. The van der Waals surface area contributed by atoms with Crippen LogP contribution in [0.25, 0.3) is 0 Å². The smallest absolute Gasteiger partial charge is 0.308 e. The molecule has 0 heterocycles. The normalized spacial score (nSPS) is 10.3. The summed E-state index contributed by atoms with van der Waals surface area (Å²) in [6.07, 6.45) is 0. The minimum Gasteiger partial charge on any atom is -0.427 e. The molecule has 0 spiro atoms. The number of nitrogens with zero attached hydrogens (tertiary/aromatic N) is 3. The molecule has 11 heteroatoms. The number of anilines is 1. The lowest BCUT2D eigenvalue weighted by molar-refractivity contribution is -0.384. The van der Waals surface area contributed by atoms with E-state index in [2.05, 4.69) is 0 Å². The van der Waals surface area contributed by atoms with E-state index >= 15 is 0 Å². The van der Waals surface area contributed by atoms with E-state index in [1.165, 1.54) is 66.1 Å². The van der Waals surface area contributed by atoms with E-state index in [4.69, 9.17) is 9.47 Å². The molecule has 196 valence electrons. The van der Waals surface area contributed by atoms with E-state index in [-0.39, 0.29) is 35.2 Å². The number of nitro groups is 1. The van der Waals surface area contributed by atoms with Crippen molar-refractivity contribution in [1.82, 2.24) is 4.90 Å². The molecule has 3 aromatic carbocycles. The first-order chi connectivity index (χ1) is 18.0. The third-order valence-corrected chi connectivity index (χ3v) is 5.26. The number of ether oxygens (including phenoxy) is 2. The van der Waals surface area contributed by atoms with Crippen LogP contribution in [0.5, 0.6) is 11.5 Å². The Bertz CT molecular complexity index is 1380. The van der Waals surface area contributed by atoms with E-state index in [0.29, 0.717) is 16.8 Å². The number of benzene rings is 3. The van der Waals surface area contributed by atoms with Gasteiger partial charge in [-0.25, -0.2) is 0 Å². The van der Waals surface area contributed by atoms with Gasteiger partial charge in [0.15, 0.2) is 0 Å². The van der Waals surface area contributed by atoms with Gasteiger partial charge in [-0.2, -0.15) is 0 Å². The molecule has 2 amide bonds. The molecule has 0 aliphatic rings. The number of esters is 2. The lowest BCUT2D eigenvalue weighted by atomic mass is 10.1. The zero-order valence-corrected chi connectivity index (χ0v) is 21.2. The average Bonchev–Trinajstić information content (AvgIpc) is 2.86. The van der Waals surface area contributed by atoms with Crippen LogP contribution in [0.2, 0.25) is 0 Å². The second-order valence-corrected chi connectivity index (χ2v) is 8.41. The summed E-state index contributed by atoms with van der Waals surface area (Å²) in [7, 11) is 3.24. The molecule has 0 N–H and O–H groups in total. The second kappa shape index (κ2) is 11.8. The van der Waals surface area contributed by atoms with Crippen molar-refractivity contribution >= 4 is 35.1 Å². The highest BCUT2D eigenvalue weighted by atomic mass is 16.6. The van der Waals surface area contributed by atoms with Crippen molar-refractivity contribution < 1.29 is 33.6 Å². The first-order valence-electron chi connectivity index (χ1n) is 11.3. The van der Waals surface area contributed by atoms with Crippen molar-refractivity contribution in [2.45, 2.75) is 20.4 Å². The Labute approximate surface area is 218 Å². The van der Waals surface area contributed by atoms with Crippen molar-refractivity contribution in [2.75, 3.05) is 19.0 Å². The summed E-state index contributed by atoms with van der Waals surface area (Å²) in [5, 5.41) is 11.0. The van der Waals surface area contributed by atoms with Crippen LogP contribution >= 0.6 is 0 Å². The lowest BCUT2D eigenvalue weighted by Gasteiger charge is -2.24. The van der Waals surface area contributed by atoms with Gasteiger partial charge in [-0.15, -0.1) is 0 Å². The highest BCUT2D eigenvalue weighted by Gasteiger charge is 2.24. The maximum atomic E-state index is 13.8. The molecule has 0 bridgehead atoms. The van der Waals surface area contributed by atoms with Crippen LogP contribution in [0.3, 0.4) is 0 Å². The fourth-order valence-electron chi connectivity index (χ4n) is 3.52. The molecule has 0 saturated carbocycles. The molecule has 0 unspecified atom stereocenters. The van der Waals surface area contributed by atoms with Crippen LogP contribution in [0, 0.1) is 10.1 Å². The third-order valence-electron chi connectivity index (χ3n) is 5.26. The molecule has 0 radical (unpaired) electrons. The molecule has 0 aliphatic carbocycles. The van der Waals surface area contributed by atoms with Crippen LogP contribution in [0.1, 0.15) is 40.1 Å². The largest absolute Gasteiger partial charge is 0.427 e. The van der Waals surface area contributed by atoms with E-state index in [1.54, 1.807) is 38.4 Å². The fraction of sp³-hybridized carbons (Fsp3) is 0.185. The number of non-ortho nitro benzene ring substituents is 1. The molecular weight excluding hydrogens is 494 g/mol. The maximum absolute atomic E-state index is 13.8. The van der Waals surface area contributed by atoms with Crippen LogP contribution in [0.15, 0.2) is 66.7 Å². The molecule has 11 nitrogen and oxygen atoms in total. The second-order valence-electron chi connectivity index (χ2n) is 8.41. The van der Waals surface area contributed by atoms with Crippen LogP contribution in [-0.4, -0.2) is 47.7 Å². The summed E-state index contributed by atoms with van der Waals surface area (Å²) in [5.74, 6) is -2.10. The van der Waals surface area contributed by atoms with Crippen molar-refractivity contribution in [2.24, 2.45) is 0 Å². The Kier molecular flexibility index (Phi) is 8.54. The highest BCUT2D eigenvalue weighted by Crippen LogP contribution is 2.30. The molecule has 3 aromatic rings. The van der Waals surface area contributed by atoms with Gasteiger partial charge in [-0.1, -0.05) is 12.1 Å². The van der Waals surface area contributed by atoms with Gasteiger partial charge in [-0.05, 0) is 42.0 Å². The first-order valence-corrected chi connectivity index (χ1v) is 11.3. The minimum absolute atomic E-state index is 0.00299. The maximum Gasteiger partial charge on any atom is 0.308 e. The van der Waals surface area contributed by atoms with Crippen molar-refractivity contribution in [1.29, 1.82) is 0 Å².